The van der Waals surface area contributed by atoms with Gasteiger partial charge in [0.05, 0.1) is 27.0 Å². The van der Waals surface area contributed by atoms with Gasteiger partial charge in [0.25, 0.3) is 0 Å². The van der Waals surface area contributed by atoms with Gasteiger partial charge in [-0.1, -0.05) is 30.3 Å². The van der Waals surface area contributed by atoms with Crippen molar-refractivity contribution < 1.29 is 13.9 Å². The fourth-order valence-corrected chi connectivity index (χ4v) is 3.99. The van der Waals surface area contributed by atoms with Gasteiger partial charge in [0.2, 0.25) is 5.89 Å². The van der Waals surface area contributed by atoms with Crippen LogP contribution in [-0.2, 0) is 13.1 Å². The molecule has 3 aromatic rings. The maximum absolute atomic E-state index is 5.87. The zero-order valence-electron chi connectivity index (χ0n) is 19.8. The predicted octanol–water partition coefficient (Wildman–Crippen LogP) is 3.92. The highest BCUT2D eigenvalue weighted by molar-refractivity contribution is 14.0. The van der Waals surface area contributed by atoms with E-state index in [0.29, 0.717) is 18.5 Å². The Labute approximate surface area is 217 Å². The smallest absolute Gasteiger partial charge is 0.214 e. The van der Waals surface area contributed by atoms with Gasteiger partial charge >= 0.3 is 0 Å². The SMILES string of the molecule is CN=C(NCc1ncc(-c2ccccc2)o1)NC1CCN(Cc2cc(OC)cc(OC)c2)C1.I. The molecule has 9 heteroatoms. The molecule has 1 atom stereocenters. The van der Waals surface area contributed by atoms with Crippen molar-refractivity contribution in [2.75, 3.05) is 34.4 Å². The molecule has 0 radical (unpaired) electrons. The van der Waals surface area contributed by atoms with Gasteiger partial charge < -0.3 is 24.5 Å². The highest BCUT2D eigenvalue weighted by Crippen LogP contribution is 2.24. The summed E-state index contributed by atoms with van der Waals surface area (Å²) in [6.45, 7) is 3.24. The van der Waals surface area contributed by atoms with Gasteiger partial charge in [0.1, 0.15) is 11.5 Å². The van der Waals surface area contributed by atoms with Gasteiger partial charge in [-0.3, -0.25) is 9.89 Å². The molecule has 1 unspecified atom stereocenters. The van der Waals surface area contributed by atoms with Crippen LogP contribution in [0.15, 0.2) is 64.1 Å². The molecule has 0 amide bonds. The number of rotatable bonds is 8. The van der Waals surface area contributed by atoms with Crippen molar-refractivity contribution in [1.29, 1.82) is 0 Å². The molecule has 1 aliphatic heterocycles. The quantitative estimate of drug-likeness (QED) is 0.239. The van der Waals surface area contributed by atoms with Crippen molar-refractivity contribution in [3.05, 3.63) is 66.2 Å². The summed E-state index contributed by atoms with van der Waals surface area (Å²) >= 11 is 0. The average molecular weight is 577 g/mol. The zero-order chi connectivity index (χ0) is 23.0. The van der Waals surface area contributed by atoms with Gasteiger partial charge in [-0.15, -0.1) is 24.0 Å². The van der Waals surface area contributed by atoms with E-state index >= 15 is 0 Å². The molecule has 2 heterocycles. The predicted molar refractivity (Wildman–Crippen MR) is 144 cm³/mol. The van der Waals surface area contributed by atoms with E-state index in [1.54, 1.807) is 27.5 Å². The average Bonchev–Trinajstić information content (AvgIpc) is 3.51. The van der Waals surface area contributed by atoms with Crippen LogP contribution in [0.5, 0.6) is 11.5 Å². The topological polar surface area (TPSA) is 84.2 Å². The lowest BCUT2D eigenvalue weighted by Crippen LogP contribution is -2.44. The normalized spacial score (nSPS) is 16.1. The standard InChI is InChI=1S/C25H31N5O3.HI/c1-26-25(28-15-24-27-14-23(33-24)19-7-5-4-6-8-19)29-20-9-10-30(17-20)16-18-11-21(31-2)13-22(12-18)32-3;/h4-8,11-14,20H,9-10,15-17H2,1-3H3,(H2,26,28,29);1H. The second-order valence-electron chi connectivity index (χ2n) is 8.00. The summed E-state index contributed by atoms with van der Waals surface area (Å²) in [7, 11) is 5.12. The molecule has 1 saturated heterocycles. The minimum atomic E-state index is 0. The Morgan fingerprint density at radius 2 is 1.88 bits per heavy atom. The molecule has 4 rings (SSSR count). The first kappa shape index (κ1) is 25.8. The van der Waals surface area contributed by atoms with Crippen molar-refractivity contribution in [3.8, 4) is 22.8 Å². The van der Waals surface area contributed by atoms with Crippen molar-refractivity contribution >= 4 is 29.9 Å². The monoisotopic (exact) mass is 577 g/mol. The zero-order valence-corrected chi connectivity index (χ0v) is 22.1. The summed E-state index contributed by atoms with van der Waals surface area (Å²) in [5.74, 6) is 3.74. The van der Waals surface area contributed by atoms with Crippen LogP contribution in [0.25, 0.3) is 11.3 Å². The van der Waals surface area contributed by atoms with E-state index in [0.717, 1.165) is 54.8 Å². The molecular weight excluding hydrogens is 545 g/mol. The molecule has 34 heavy (non-hydrogen) atoms. The maximum atomic E-state index is 5.87. The molecule has 8 nitrogen and oxygen atoms in total. The van der Waals surface area contributed by atoms with E-state index in [1.807, 2.05) is 36.4 Å². The molecule has 1 aromatic heterocycles. The fraction of sp³-hybridized carbons (Fsp3) is 0.360. The lowest BCUT2D eigenvalue weighted by molar-refractivity contribution is 0.321. The molecular formula is C25H32IN5O3. The van der Waals surface area contributed by atoms with Crippen LogP contribution >= 0.6 is 24.0 Å². The van der Waals surface area contributed by atoms with Gasteiger partial charge in [-0.2, -0.15) is 0 Å². The lowest BCUT2D eigenvalue weighted by atomic mass is 10.2. The van der Waals surface area contributed by atoms with Crippen LogP contribution < -0.4 is 20.1 Å². The summed E-state index contributed by atoms with van der Waals surface area (Å²) in [6.07, 6.45) is 2.80. The Balaban J connectivity index is 0.00000324. The van der Waals surface area contributed by atoms with Crippen LogP contribution in [0.1, 0.15) is 17.9 Å². The summed E-state index contributed by atoms with van der Waals surface area (Å²) in [6, 6.07) is 16.3. The number of nitrogens with one attached hydrogen (secondary N) is 2. The number of oxazole rings is 1. The number of ether oxygens (including phenoxy) is 2. The molecule has 2 N–H and O–H groups in total. The highest BCUT2D eigenvalue weighted by atomic mass is 127. The molecule has 1 fully saturated rings. The third kappa shape index (κ3) is 6.86. The third-order valence-electron chi connectivity index (χ3n) is 5.67. The third-order valence-corrected chi connectivity index (χ3v) is 5.67. The molecule has 182 valence electrons. The van der Waals surface area contributed by atoms with Crippen molar-refractivity contribution in [2.45, 2.75) is 25.6 Å². The molecule has 2 aromatic carbocycles. The van der Waals surface area contributed by atoms with Gasteiger partial charge in [0, 0.05) is 44.4 Å². The number of likely N-dealkylation sites (tertiary alicyclic amines) is 1. The largest absolute Gasteiger partial charge is 0.497 e. The first-order chi connectivity index (χ1) is 16.2. The number of hydrogen-bond donors (Lipinski definition) is 2. The Kier molecular flexibility index (Phi) is 9.58. The first-order valence-electron chi connectivity index (χ1n) is 11.1. The fourth-order valence-electron chi connectivity index (χ4n) is 3.99. The Bertz CT molecular complexity index is 1050. The van der Waals surface area contributed by atoms with Crippen molar-refractivity contribution in [2.24, 2.45) is 4.99 Å². The number of hydrogen-bond acceptors (Lipinski definition) is 6. The van der Waals surface area contributed by atoms with Crippen molar-refractivity contribution in [3.63, 3.8) is 0 Å². The van der Waals surface area contributed by atoms with E-state index in [9.17, 15) is 0 Å². The molecule has 0 aliphatic carbocycles. The number of aromatic nitrogens is 1. The van der Waals surface area contributed by atoms with E-state index in [2.05, 4.69) is 37.6 Å². The number of guanidine groups is 1. The van der Waals surface area contributed by atoms with Gasteiger partial charge in [-0.05, 0) is 24.1 Å². The molecule has 0 bridgehead atoms. The summed E-state index contributed by atoms with van der Waals surface area (Å²) in [4.78, 5) is 11.2. The Morgan fingerprint density at radius 3 is 2.56 bits per heavy atom. The Hall–Kier alpha value is -2.79. The Morgan fingerprint density at radius 1 is 1.15 bits per heavy atom. The molecule has 0 spiro atoms. The second kappa shape index (κ2) is 12.6. The maximum Gasteiger partial charge on any atom is 0.214 e. The number of aliphatic imine (C=N–C) groups is 1. The first-order valence-corrected chi connectivity index (χ1v) is 11.1. The number of methoxy groups -OCH3 is 2. The summed E-state index contributed by atoms with van der Waals surface area (Å²) < 4.78 is 16.7. The lowest BCUT2D eigenvalue weighted by Gasteiger charge is -2.19. The number of halogens is 1. The van der Waals surface area contributed by atoms with Crippen LogP contribution in [0, 0.1) is 0 Å². The summed E-state index contributed by atoms with van der Waals surface area (Å²) in [5.41, 5.74) is 2.19. The van der Waals surface area contributed by atoms with E-state index in [1.165, 1.54) is 5.56 Å². The van der Waals surface area contributed by atoms with E-state index < -0.39 is 0 Å². The van der Waals surface area contributed by atoms with Crippen LogP contribution in [0.3, 0.4) is 0 Å². The van der Waals surface area contributed by atoms with Crippen molar-refractivity contribution in [1.82, 2.24) is 20.5 Å². The minimum Gasteiger partial charge on any atom is -0.497 e. The van der Waals surface area contributed by atoms with Gasteiger partial charge in [-0.25, -0.2) is 4.98 Å². The highest BCUT2D eigenvalue weighted by Gasteiger charge is 2.23. The van der Waals surface area contributed by atoms with Crippen LogP contribution in [0.4, 0.5) is 0 Å². The second-order valence-corrected chi connectivity index (χ2v) is 8.00. The van der Waals surface area contributed by atoms with Crippen LogP contribution in [-0.4, -0.2) is 56.2 Å². The summed E-state index contributed by atoms with van der Waals surface area (Å²) in [5, 5.41) is 6.82. The molecule has 1 aliphatic rings. The minimum absolute atomic E-state index is 0. The van der Waals surface area contributed by atoms with Crippen LogP contribution in [0.2, 0.25) is 0 Å². The number of benzene rings is 2. The van der Waals surface area contributed by atoms with E-state index in [-0.39, 0.29) is 24.0 Å². The van der Waals surface area contributed by atoms with Gasteiger partial charge in [0.15, 0.2) is 11.7 Å². The number of nitrogens with zero attached hydrogens (tertiary/aromatic N) is 3. The molecule has 0 saturated carbocycles. The van der Waals surface area contributed by atoms with E-state index in [4.69, 9.17) is 13.9 Å².